The van der Waals surface area contributed by atoms with Gasteiger partial charge in [0.15, 0.2) is 0 Å². The third kappa shape index (κ3) is 2.02. The van der Waals surface area contributed by atoms with E-state index in [1.807, 2.05) is 12.1 Å². The Balaban J connectivity index is 3.21. The average molecular weight is 292 g/mol. The fourth-order valence-electron chi connectivity index (χ4n) is 0.926. The molecule has 1 aromatic carbocycles. The van der Waals surface area contributed by atoms with Gasteiger partial charge in [0.1, 0.15) is 0 Å². The Bertz CT molecular complexity index is 272. The largest absolute Gasteiger partial charge is 0.299 e. The highest BCUT2D eigenvalue weighted by Gasteiger charge is 2.06. The van der Waals surface area contributed by atoms with E-state index < -0.39 is 0 Å². The van der Waals surface area contributed by atoms with Crippen molar-refractivity contribution in [2.75, 3.05) is 0 Å². The molecular formula is C9H10Br2N. The summed E-state index contributed by atoms with van der Waals surface area (Å²) in [6.07, 6.45) is 0. The summed E-state index contributed by atoms with van der Waals surface area (Å²) in [5, 5.41) is 0. The number of benzene rings is 1. The predicted molar refractivity (Wildman–Crippen MR) is 58.7 cm³/mol. The third-order valence-electron chi connectivity index (χ3n) is 1.73. The minimum absolute atomic E-state index is 0.498. The SMILES string of the molecule is CC(C)c1cc(Br)c([NH])c(Br)c1. The molecule has 1 rings (SSSR count). The molecule has 1 radical (unpaired) electrons. The van der Waals surface area contributed by atoms with Crippen LogP contribution < -0.4 is 5.73 Å². The second kappa shape index (κ2) is 3.79. The van der Waals surface area contributed by atoms with E-state index in [9.17, 15) is 0 Å². The number of hydrogen-bond acceptors (Lipinski definition) is 0. The lowest BCUT2D eigenvalue weighted by Gasteiger charge is -2.08. The van der Waals surface area contributed by atoms with Crippen molar-refractivity contribution in [2.24, 2.45) is 0 Å². The first-order valence-corrected chi connectivity index (χ1v) is 5.31. The van der Waals surface area contributed by atoms with Gasteiger partial charge in [0.05, 0.1) is 5.69 Å². The van der Waals surface area contributed by atoms with Gasteiger partial charge in [0.25, 0.3) is 0 Å². The number of rotatable bonds is 1. The molecule has 0 aliphatic carbocycles. The maximum Gasteiger partial charge on any atom is 0.0824 e. The van der Waals surface area contributed by atoms with Crippen LogP contribution >= 0.6 is 31.9 Å². The molecule has 1 N–H and O–H groups in total. The molecule has 0 fully saturated rings. The summed E-state index contributed by atoms with van der Waals surface area (Å²) in [6, 6.07) is 4.00. The molecule has 65 valence electrons. The van der Waals surface area contributed by atoms with Gasteiger partial charge in [-0.05, 0) is 55.5 Å². The molecule has 1 nitrogen and oxygen atoms in total. The molecule has 0 unspecified atom stereocenters. The highest BCUT2D eigenvalue weighted by atomic mass is 79.9. The lowest BCUT2D eigenvalue weighted by molar-refractivity contribution is 0.864. The van der Waals surface area contributed by atoms with E-state index in [1.54, 1.807) is 0 Å². The fraction of sp³-hybridized carbons (Fsp3) is 0.333. The normalized spacial score (nSPS) is 10.8. The molecule has 3 heteroatoms. The van der Waals surface area contributed by atoms with Crippen LogP contribution in [0.4, 0.5) is 5.69 Å². The molecule has 0 aromatic heterocycles. The Kier molecular flexibility index (Phi) is 3.18. The van der Waals surface area contributed by atoms with E-state index >= 15 is 0 Å². The quantitative estimate of drug-likeness (QED) is 0.739. The minimum atomic E-state index is 0.498. The highest BCUT2D eigenvalue weighted by molar-refractivity contribution is 9.11. The number of nitrogens with one attached hydrogen (secondary N) is 1. The zero-order chi connectivity index (χ0) is 9.30. The highest BCUT2D eigenvalue weighted by Crippen LogP contribution is 2.33. The van der Waals surface area contributed by atoms with Crippen molar-refractivity contribution >= 4 is 37.5 Å². The molecule has 1 aromatic rings. The van der Waals surface area contributed by atoms with Crippen LogP contribution in [-0.4, -0.2) is 0 Å². The molecule has 0 spiro atoms. The Hall–Kier alpha value is -0.0200. The first-order chi connectivity index (χ1) is 5.52. The van der Waals surface area contributed by atoms with Crippen LogP contribution in [0.2, 0.25) is 0 Å². The first kappa shape index (κ1) is 10.1. The summed E-state index contributed by atoms with van der Waals surface area (Å²) in [5.74, 6) is 0.498. The third-order valence-corrected chi connectivity index (χ3v) is 2.98. The molecule has 0 amide bonds. The van der Waals surface area contributed by atoms with Crippen molar-refractivity contribution in [3.8, 4) is 0 Å². The summed E-state index contributed by atoms with van der Waals surface area (Å²) >= 11 is 6.70. The van der Waals surface area contributed by atoms with Crippen LogP contribution in [0.1, 0.15) is 25.3 Å². The summed E-state index contributed by atoms with van der Waals surface area (Å²) < 4.78 is 1.70. The summed E-state index contributed by atoms with van der Waals surface area (Å²) in [7, 11) is 0. The van der Waals surface area contributed by atoms with Crippen molar-refractivity contribution in [1.29, 1.82) is 0 Å². The minimum Gasteiger partial charge on any atom is -0.299 e. The van der Waals surface area contributed by atoms with E-state index in [-0.39, 0.29) is 0 Å². The average Bonchev–Trinajstić information content (AvgIpc) is 1.99. The van der Waals surface area contributed by atoms with Gasteiger partial charge >= 0.3 is 0 Å². The van der Waals surface area contributed by atoms with Crippen LogP contribution in [0.3, 0.4) is 0 Å². The fourth-order valence-corrected chi connectivity index (χ4v) is 2.15. The second-order valence-electron chi connectivity index (χ2n) is 3.01. The first-order valence-electron chi connectivity index (χ1n) is 3.73. The van der Waals surface area contributed by atoms with Gasteiger partial charge in [-0.25, -0.2) is 0 Å². The lowest BCUT2D eigenvalue weighted by Crippen LogP contribution is -1.88. The zero-order valence-electron chi connectivity index (χ0n) is 6.99. The standard InChI is InChI=1S/C9H10Br2N/c1-5(2)6-3-7(10)9(12)8(11)4-6/h3-5,12H,1-2H3. The van der Waals surface area contributed by atoms with Crippen molar-refractivity contribution in [3.05, 3.63) is 26.6 Å². The monoisotopic (exact) mass is 290 g/mol. The molecule has 12 heavy (non-hydrogen) atoms. The Morgan fingerprint density at radius 2 is 1.58 bits per heavy atom. The van der Waals surface area contributed by atoms with E-state index in [4.69, 9.17) is 5.73 Å². The van der Waals surface area contributed by atoms with Crippen molar-refractivity contribution < 1.29 is 0 Å². The molecule has 0 bridgehead atoms. The molecule has 0 saturated carbocycles. The topological polar surface area (TPSA) is 23.8 Å². The number of halogens is 2. The van der Waals surface area contributed by atoms with Gasteiger partial charge in [-0.15, -0.1) is 0 Å². The van der Waals surface area contributed by atoms with Gasteiger partial charge in [-0.2, -0.15) is 0 Å². The van der Waals surface area contributed by atoms with Crippen LogP contribution in [0.15, 0.2) is 21.1 Å². The van der Waals surface area contributed by atoms with E-state index in [0.29, 0.717) is 11.6 Å². The summed E-state index contributed by atoms with van der Waals surface area (Å²) in [6.45, 7) is 4.27. The molecule has 0 atom stereocenters. The lowest BCUT2D eigenvalue weighted by atomic mass is 10.0. The molecule has 0 heterocycles. The van der Waals surface area contributed by atoms with Gasteiger partial charge in [0, 0.05) is 8.95 Å². The van der Waals surface area contributed by atoms with Crippen LogP contribution in [0, 0.1) is 0 Å². The maximum absolute atomic E-state index is 7.59. The summed E-state index contributed by atoms with van der Waals surface area (Å²) in [4.78, 5) is 0. The second-order valence-corrected chi connectivity index (χ2v) is 4.72. The number of hydrogen-bond donors (Lipinski definition) is 0. The van der Waals surface area contributed by atoms with E-state index in [1.165, 1.54) is 5.56 Å². The van der Waals surface area contributed by atoms with E-state index in [0.717, 1.165) is 8.95 Å². The Morgan fingerprint density at radius 3 is 1.92 bits per heavy atom. The van der Waals surface area contributed by atoms with Gasteiger partial charge in [-0.3, -0.25) is 5.73 Å². The van der Waals surface area contributed by atoms with Crippen LogP contribution in [0.5, 0.6) is 0 Å². The molecule has 0 saturated heterocycles. The van der Waals surface area contributed by atoms with Gasteiger partial charge in [0.2, 0.25) is 0 Å². The molecule has 0 aliphatic heterocycles. The van der Waals surface area contributed by atoms with Crippen molar-refractivity contribution in [2.45, 2.75) is 19.8 Å². The maximum atomic E-state index is 7.59. The molecular weight excluding hydrogens is 282 g/mol. The zero-order valence-corrected chi connectivity index (χ0v) is 10.2. The molecule has 0 aliphatic rings. The van der Waals surface area contributed by atoms with Gasteiger partial charge in [-0.1, -0.05) is 13.8 Å². The van der Waals surface area contributed by atoms with Crippen LogP contribution in [-0.2, 0) is 0 Å². The van der Waals surface area contributed by atoms with Gasteiger partial charge < -0.3 is 0 Å². The van der Waals surface area contributed by atoms with E-state index in [2.05, 4.69) is 45.7 Å². The summed E-state index contributed by atoms with van der Waals surface area (Å²) in [5.41, 5.74) is 9.34. The predicted octanol–water partition coefficient (Wildman–Crippen LogP) is 4.25. The Labute approximate surface area is 89.6 Å². The van der Waals surface area contributed by atoms with Crippen molar-refractivity contribution in [1.82, 2.24) is 5.73 Å². The van der Waals surface area contributed by atoms with Crippen LogP contribution in [0.25, 0.3) is 0 Å². The van der Waals surface area contributed by atoms with Crippen molar-refractivity contribution in [3.63, 3.8) is 0 Å². The smallest absolute Gasteiger partial charge is 0.0824 e. The Morgan fingerprint density at radius 1 is 1.17 bits per heavy atom.